The summed E-state index contributed by atoms with van der Waals surface area (Å²) in [5.74, 6) is 0. The van der Waals surface area contributed by atoms with Crippen molar-refractivity contribution < 1.29 is 0 Å². The molecule has 7 heteroatoms. The summed E-state index contributed by atoms with van der Waals surface area (Å²) < 4.78 is 2.61. The standard InChI is InChI=1S/C12H16N4O2S/c1-3-4-15-6-10(13)11(17)16(12(15)18)5-9-7-19-8(2)14-9/h6-7H,3-5,13H2,1-2H3. The number of rotatable bonds is 4. The Morgan fingerprint density at radius 2 is 2.16 bits per heavy atom. The van der Waals surface area contributed by atoms with Crippen LogP contribution >= 0.6 is 11.3 Å². The van der Waals surface area contributed by atoms with E-state index in [2.05, 4.69) is 4.98 Å². The normalized spacial score (nSPS) is 10.8. The van der Waals surface area contributed by atoms with Crippen LogP contribution in [-0.2, 0) is 13.1 Å². The second kappa shape index (κ2) is 5.40. The van der Waals surface area contributed by atoms with Crippen molar-refractivity contribution in [1.82, 2.24) is 14.1 Å². The molecule has 0 aliphatic heterocycles. The van der Waals surface area contributed by atoms with Gasteiger partial charge in [0.05, 0.1) is 17.2 Å². The first-order valence-corrected chi connectivity index (χ1v) is 6.91. The van der Waals surface area contributed by atoms with Gasteiger partial charge in [0.1, 0.15) is 5.69 Å². The van der Waals surface area contributed by atoms with Crippen molar-refractivity contribution in [3.05, 3.63) is 43.1 Å². The molecule has 0 saturated carbocycles. The van der Waals surface area contributed by atoms with E-state index >= 15 is 0 Å². The summed E-state index contributed by atoms with van der Waals surface area (Å²) in [4.78, 5) is 28.4. The maximum absolute atomic E-state index is 12.2. The summed E-state index contributed by atoms with van der Waals surface area (Å²) in [7, 11) is 0. The summed E-state index contributed by atoms with van der Waals surface area (Å²) in [5.41, 5.74) is 5.66. The maximum atomic E-state index is 12.2. The average molecular weight is 280 g/mol. The van der Waals surface area contributed by atoms with Crippen LogP contribution in [0.1, 0.15) is 24.0 Å². The van der Waals surface area contributed by atoms with Gasteiger partial charge in [-0.15, -0.1) is 11.3 Å². The molecule has 0 aliphatic carbocycles. The molecule has 2 N–H and O–H groups in total. The molecule has 2 aromatic rings. The van der Waals surface area contributed by atoms with Gasteiger partial charge in [-0.05, 0) is 13.3 Å². The van der Waals surface area contributed by atoms with E-state index in [1.165, 1.54) is 22.1 Å². The smallest absolute Gasteiger partial charge is 0.331 e. The molecule has 2 aromatic heterocycles. The Morgan fingerprint density at radius 3 is 2.74 bits per heavy atom. The minimum Gasteiger partial charge on any atom is -0.393 e. The molecule has 0 fully saturated rings. The van der Waals surface area contributed by atoms with Gasteiger partial charge in [-0.3, -0.25) is 13.9 Å². The molecule has 0 aliphatic rings. The molecule has 6 nitrogen and oxygen atoms in total. The Kier molecular flexibility index (Phi) is 3.84. The number of aryl methyl sites for hydroxylation is 2. The number of hydrogen-bond donors (Lipinski definition) is 1. The summed E-state index contributed by atoms with van der Waals surface area (Å²) in [5, 5.41) is 2.75. The molecular formula is C12H16N4O2S. The average Bonchev–Trinajstić information content (AvgIpc) is 2.77. The van der Waals surface area contributed by atoms with Crippen LogP contribution in [0.3, 0.4) is 0 Å². The van der Waals surface area contributed by atoms with E-state index in [4.69, 9.17) is 5.73 Å². The van der Waals surface area contributed by atoms with Gasteiger partial charge in [0.25, 0.3) is 5.56 Å². The highest BCUT2D eigenvalue weighted by Gasteiger charge is 2.10. The quantitative estimate of drug-likeness (QED) is 0.898. The zero-order chi connectivity index (χ0) is 14.0. The van der Waals surface area contributed by atoms with Gasteiger partial charge in [0.2, 0.25) is 0 Å². The zero-order valence-corrected chi connectivity index (χ0v) is 11.7. The first kappa shape index (κ1) is 13.5. The summed E-state index contributed by atoms with van der Waals surface area (Å²) in [6, 6.07) is 0. The topological polar surface area (TPSA) is 82.9 Å². The third-order valence-electron chi connectivity index (χ3n) is 2.71. The molecule has 0 spiro atoms. The zero-order valence-electron chi connectivity index (χ0n) is 10.9. The highest BCUT2D eigenvalue weighted by molar-refractivity contribution is 7.09. The highest BCUT2D eigenvalue weighted by Crippen LogP contribution is 2.08. The second-order valence-corrected chi connectivity index (χ2v) is 5.37. The Hall–Kier alpha value is -1.89. The third kappa shape index (κ3) is 2.76. The fourth-order valence-electron chi connectivity index (χ4n) is 1.86. The minimum absolute atomic E-state index is 0.0833. The van der Waals surface area contributed by atoms with E-state index < -0.39 is 5.56 Å². The van der Waals surface area contributed by atoms with Crippen molar-refractivity contribution in [2.24, 2.45) is 0 Å². The van der Waals surface area contributed by atoms with Crippen LogP contribution in [0.5, 0.6) is 0 Å². The lowest BCUT2D eigenvalue weighted by atomic mass is 10.4. The molecule has 2 heterocycles. The predicted molar refractivity (Wildman–Crippen MR) is 75.6 cm³/mol. The number of anilines is 1. The Balaban J connectivity index is 2.49. The van der Waals surface area contributed by atoms with Crippen LogP contribution in [0.2, 0.25) is 0 Å². The van der Waals surface area contributed by atoms with Crippen LogP contribution in [0.15, 0.2) is 21.2 Å². The van der Waals surface area contributed by atoms with E-state index in [0.717, 1.165) is 16.0 Å². The molecule has 0 bridgehead atoms. The molecule has 2 rings (SSSR count). The molecule has 0 unspecified atom stereocenters. The molecule has 0 amide bonds. The molecule has 0 radical (unpaired) electrons. The van der Waals surface area contributed by atoms with Crippen LogP contribution < -0.4 is 17.0 Å². The second-order valence-electron chi connectivity index (χ2n) is 4.31. The van der Waals surface area contributed by atoms with Crippen LogP contribution in [0.25, 0.3) is 0 Å². The largest absolute Gasteiger partial charge is 0.393 e. The van der Waals surface area contributed by atoms with Gasteiger partial charge in [0.15, 0.2) is 0 Å². The van der Waals surface area contributed by atoms with E-state index in [9.17, 15) is 9.59 Å². The van der Waals surface area contributed by atoms with E-state index in [-0.39, 0.29) is 17.9 Å². The fourth-order valence-corrected chi connectivity index (χ4v) is 2.46. The molecule has 102 valence electrons. The Morgan fingerprint density at radius 1 is 1.42 bits per heavy atom. The van der Waals surface area contributed by atoms with Gasteiger partial charge < -0.3 is 5.73 Å². The fraction of sp³-hybridized carbons (Fsp3) is 0.417. The number of thiazole rings is 1. The number of nitrogens with zero attached hydrogens (tertiary/aromatic N) is 3. The van der Waals surface area contributed by atoms with Crippen molar-refractivity contribution in [3.8, 4) is 0 Å². The lowest BCUT2D eigenvalue weighted by Crippen LogP contribution is -2.41. The van der Waals surface area contributed by atoms with E-state index in [1.807, 2.05) is 19.2 Å². The SMILES string of the molecule is CCCn1cc(N)c(=O)n(Cc2csc(C)n2)c1=O. The summed E-state index contributed by atoms with van der Waals surface area (Å²) in [6.45, 7) is 4.55. The number of nitrogen functional groups attached to an aromatic ring is 1. The number of aromatic nitrogens is 3. The van der Waals surface area contributed by atoms with Crippen molar-refractivity contribution >= 4 is 17.0 Å². The van der Waals surface area contributed by atoms with Gasteiger partial charge in [-0.1, -0.05) is 6.92 Å². The van der Waals surface area contributed by atoms with Gasteiger partial charge in [0, 0.05) is 18.1 Å². The van der Waals surface area contributed by atoms with E-state index in [1.54, 1.807) is 0 Å². The van der Waals surface area contributed by atoms with Gasteiger partial charge >= 0.3 is 5.69 Å². The summed E-state index contributed by atoms with van der Waals surface area (Å²) in [6.07, 6.45) is 2.21. The van der Waals surface area contributed by atoms with Crippen LogP contribution in [-0.4, -0.2) is 14.1 Å². The Bertz CT molecular complexity index is 698. The Labute approximate surface area is 114 Å². The van der Waals surface area contributed by atoms with Crippen LogP contribution in [0, 0.1) is 6.92 Å². The highest BCUT2D eigenvalue weighted by atomic mass is 32.1. The van der Waals surface area contributed by atoms with Crippen LogP contribution in [0.4, 0.5) is 5.69 Å². The molecule has 19 heavy (non-hydrogen) atoms. The van der Waals surface area contributed by atoms with Gasteiger partial charge in [-0.2, -0.15) is 0 Å². The van der Waals surface area contributed by atoms with Crippen molar-refractivity contribution in [1.29, 1.82) is 0 Å². The number of nitrogens with two attached hydrogens (primary N) is 1. The lowest BCUT2D eigenvalue weighted by molar-refractivity contribution is 0.570. The molecular weight excluding hydrogens is 264 g/mol. The van der Waals surface area contributed by atoms with Crippen molar-refractivity contribution in [3.63, 3.8) is 0 Å². The molecule has 0 atom stereocenters. The predicted octanol–water partition coefficient (Wildman–Crippen LogP) is 0.815. The molecule has 0 aromatic carbocycles. The third-order valence-corrected chi connectivity index (χ3v) is 3.54. The van der Waals surface area contributed by atoms with Crippen molar-refractivity contribution in [2.75, 3.05) is 5.73 Å². The number of hydrogen-bond acceptors (Lipinski definition) is 5. The maximum Gasteiger partial charge on any atom is 0.331 e. The first-order chi connectivity index (χ1) is 9.02. The molecule has 0 saturated heterocycles. The summed E-state index contributed by atoms with van der Waals surface area (Å²) >= 11 is 1.49. The van der Waals surface area contributed by atoms with E-state index in [0.29, 0.717) is 12.2 Å². The minimum atomic E-state index is -0.456. The lowest BCUT2D eigenvalue weighted by Gasteiger charge is -2.09. The van der Waals surface area contributed by atoms with Crippen molar-refractivity contribution in [2.45, 2.75) is 33.4 Å². The monoisotopic (exact) mass is 280 g/mol. The van der Waals surface area contributed by atoms with Gasteiger partial charge in [-0.25, -0.2) is 9.78 Å². The first-order valence-electron chi connectivity index (χ1n) is 6.03.